The first-order chi connectivity index (χ1) is 14.5. The lowest BCUT2D eigenvalue weighted by atomic mass is 9.39. The van der Waals surface area contributed by atoms with Crippen molar-refractivity contribution in [3.63, 3.8) is 0 Å². The number of fused-ring (bicyclic) bond motifs is 1. The Morgan fingerprint density at radius 3 is 2.47 bits per heavy atom. The molecule has 9 bridgehead atoms. The van der Waals surface area contributed by atoms with Gasteiger partial charge in [-0.3, -0.25) is 14.5 Å². The van der Waals surface area contributed by atoms with Crippen molar-refractivity contribution in [2.75, 3.05) is 6.54 Å². The summed E-state index contributed by atoms with van der Waals surface area (Å²) >= 11 is 0. The molecule has 2 N–H and O–H groups in total. The maximum absolute atomic E-state index is 12.6. The Balaban J connectivity index is 0.00000196. The van der Waals surface area contributed by atoms with Crippen molar-refractivity contribution in [3.05, 3.63) is 12.2 Å². The molecule has 32 heavy (non-hydrogen) atoms. The number of ether oxygens (including phenoxy) is 2. The summed E-state index contributed by atoms with van der Waals surface area (Å²) < 4.78 is 11.6. The average molecular weight is 466 g/mol. The van der Waals surface area contributed by atoms with E-state index >= 15 is 0 Å². The minimum Gasteiger partial charge on any atom is -0.463 e. The molecule has 0 radical (unpaired) electrons. The lowest BCUT2D eigenvalue weighted by molar-refractivity contribution is -0.284. The minimum absolute atomic E-state index is 0. The van der Waals surface area contributed by atoms with E-state index in [0.29, 0.717) is 24.8 Å². The van der Waals surface area contributed by atoms with Gasteiger partial charge in [0, 0.05) is 55.1 Å². The number of nitrogens with zero attached hydrogens (tertiary/aromatic N) is 1. The van der Waals surface area contributed by atoms with Crippen molar-refractivity contribution < 1.29 is 29.3 Å². The Morgan fingerprint density at radius 2 is 1.81 bits per heavy atom. The number of aliphatic hydroxyl groups excluding tert-OH is 1. The summed E-state index contributed by atoms with van der Waals surface area (Å²) in [6.07, 6.45) is 1.30. The Morgan fingerprint density at radius 1 is 1.12 bits per heavy atom. The van der Waals surface area contributed by atoms with Crippen LogP contribution in [0.4, 0.5) is 0 Å². The van der Waals surface area contributed by atoms with Crippen molar-refractivity contribution in [2.24, 2.45) is 34.0 Å². The van der Waals surface area contributed by atoms with Gasteiger partial charge in [-0.05, 0) is 37.0 Å². The van der Waals surface area contributed by atoms with E-state index in [4.69, 9.17) is 9.47 Å². The van der Waals surface area contributed by atoms with Crippen LogP contribution in [0.2, 0.25) is 0 Å². The van der Waals surface area contributed by atoms with E-state index in [2.05, 4.69) is 18.4 Å². The van der Waals surface area contributed by atoms with Gasteiger partial charge in [-0.15, -0.1) is 12.4 Å². The Kier molecular flexibility index (Phi) is 3.83. The number of piperidine rings is 2. The van der Waals surface area contributed by atoms with Crippen molar-refractivity contribution in [1.29, 1.82) is 0 Å². The lowest BCUT2D eigenvalue weighted by Crippen LogP contribution is -2.77. The molecule has 2 spiro atoms. The quantitative estimate of drug-likeness (QED) is 0.470. The fourth-order valence-electron chi connectivity index (χ4n) is 11.3. The maximum atomic E-state index is 12.6. The zero-order valence-corrected chi connectivity index (χ0v) is 19.6. The smallest absolute Gasteiger partial charge is 0.303 e. The van der Waals surface area contributed by atoms with Crippen LogP contribution < -0.4 is 0 Å². The molecule has 9 rings (SSSR count). The van der Waals surface area contributed by atoms with Gasteiger partial charge in [-0.1, -0.05) is 19.1 Å². The summed E-state index contributed by atoms with van der Waals surface area (Å²) in [6, 6.07) is 0.176. The molecule has 0 amide bonds. The van der Waals surface area contributed by atoms with Crippen LogP contribution >= 0.6 is 12.4 Å². The molecular weight excluding hydrogens is 434 g/mol. The molecule has 9 fully saturated rings. The fourth-order valence-corrected chi connectivity index (χ4v) is 11.3. The highest BCUT2D eigenvalue weighted by Gasteiger charge is 2.95. The summed E-state index contributed by atoms with van der Waals surface area (Å²) in [6.45, 7) is 10.3. The van der Waals surface area contributed by atoms with Gasteiger partial charge in [0.25, 0.3) is 0 Å². The topological polar surface area (TPSA) is 96.3 Å². The van der Waals surface area contributed by atoms with Crippen LogP contribution in [-0.2, 0) is 19.1 Å². The van der Waals surface area contributed by atoms with Crippen molar-refractivity contribution in [1.82, 2.24) is 4.90 Å². The number of hydrogen-bond acceptors (Lipinski definition) is 7. The van der Waals surface area contributed by atoms with Crippen LogP contribution in [0.25, 0.3) is 0 Å². The third-order valence-electron chi connectivity index (χ3n) is 10.9. The van der Waals surface area contributed by atoms with Crippen LogP contribution in [0.3, 0.4) is 0 Å². The summed E-state index contributed by atoms with van der Waals surface area (Å²) in [5, 5.41) is 24.4. The molecule has 0 aromatic heterocycles. The Bertz CT molecular complexity index is 972. The van der Waals surface area contributed by atoms with E-state index in [1.54, 1.807) is 0 Å². The molecule has 2 unspecified atom stereocenters. The number of halogens is 1. The largest absolute Gasteiger partial charge is 0.463 e. The molecule has 7 nitrogen and oxygen atoms in total. The molecule has 6 aliphatic carbocycles. The van der Waals surface area contributed by atoms with Gasteiger partial charge in [0.05, 0.1) is 6.10 Å². The van der Waals surface area contributed by atoms with Crippen molar-refractivity contribution in [3.8, 4) is 0 Å². The average Bonchev–Trinajstić information content (AvgIpc) is 3.03. The first kappa shape index (κ1) is 21.4. The molecule has 3 heterocycles. The molecule has 0 aromatic rings. The van der Waals surface area contributed by atoms with Crippen LogP contribution in [0.15, 0.2) is 12.2 Å². The van der Waals surface area contributed by atoms with Crippen LogP contribution in [0.1, 0.15) is 46.5 Å². The van der Waals surface area contributed by atoms with Gasteiger partial charge in [0.1, 0.15) is 17.8 Å². The zero-order valence-electron chi connectivity index (χ0n) is 18.7. The Labute approximate surface area is 193 Å². The van der Waals surface area contributed by atoms with E-state index in [1.807, 2.05) is 0 Å². The second-order valence-corrected chi connectivity index (χ2v) is 12.1. The standard InChI is InChI=1S/C24H31NO6.ClH/c1-10-5-22-8-14-17-21(4)6-13(30-11(2)26)7-23(17)18(22)16(28)15(10)19(31-12(3)27)24(22,29)20(23)25(14)9-21;/h13-20,28-29H,1,5-9H2,2-4H3;1H/t13-,14-,15+,16+,17+,18+,19+,20-,21-,22?,23-,24-;/m0./s1. The number of esters is 2. The van der Waals surface area contributed by atoms with E-state index in [1.165, 1.54) is 13.8 Å². The molecular formula is C24H32ClNO6. The minimum atomic E-state index is -1.21. The highest BCUT2D eigenvalue weighted by Crippen LogP contribution is 2.88. The van der Waals surface area contributed by atoms with Gasteiger partial charge < -0.3 is 19.7 Å². The lowest BCUT2D eigenvalue weighted by Gasteiger charge is -2.68. The van der Waals surface area contributed by atoms with Crippen LogP contribution in [-0.4, -0.2) is 69.6 Å². The zero-order chi connectivity index (χ0) is 21.9. The second kappa shape index (κ2) is 5.73. The van der Waals surface area contributed by atoms with Gasteiger partial charge in [0.15, 0.2) is 0 Å². The molecule has 8 heteroatoms. The highest BCUT2D eigenvalue weighted by atomic mass is 35.5. The van der Waals surface area contributed by atoms with E-state index in [-0.39, 0.29) is 47.3 Å². The highest BCUT2D eigenvalue weighted by molar-refractivity contribution is 5.85. The maximum Gasteiger partial charge on any atom is 0.303 e. The molecule has 6 saturated carbocycles. The number of aliphatic hydroxyl groups is 2. The van der Waals surface area contributed by atoms with Crippen molar-refractivity contribution in [2.45, 2.75) is 82.5 Å². The van der Waals surface area contributed by atoms with E-state index < -0.39 is 35.1 Å². The first-order valence-corrected chi connectivity index (χ1v) is 11.7. The summed E-state index contributed by atoms with van der Waals surface area (Å²) in [5.74, 6) is -0.896. The van der Waals surface area contributed by atoms with E-state index in [0.717, 1.165) is 25.0 Å². The van der Waals surface area contributed by atoms with Gasteiger partial charge >= 0.3 is 11.9 Å². The van der Waals surface area contributed by atoms with Gasteiger partial charge in [-0.25, -0.2) is 0 Å². The molecule has 3 aliphatic heterocycles. The number of hydrogen-bond donors (Lipinski definition) is 2. The number of carbonyl (C=O) groups excluding carboxylic acids is 2. The van der Waals surface area contributed by atoms with Gasteiger partial charge in [-0.2, -0.15) is 0 Å². The fraction of sp³-hybridized carbons (Fsp3) is 0.833. The molecule has 13 atom stereocenters. The summed E-state index contributed by atoms with van der Waals surface area (Å²) in [7, 11) is 0. The SMILES string of the molecule is C=C1CC23C[C@H]4[C@@H]5[C@@]6(C)C[C@H](OC(C)=O)C[C@@]57[C@@H]2[C@H](O)[C@@H]1[C@@H](OC(C)=O)[C@]3(O)[C@H]7N4C6.Cl. The summed E-state index contributed by atoms with van der Waals surface area (Å²) in [4.78, 5) is 26.5. The summed E-state index contributed by atoms with van der Waals surface area (Å²) in [5.41, 5.74) is -1.20. The molecule has 9 aliphatic rings. The Hall–Kier alpha value is -1.15. The number of rotatable bonds is 2. The number of carbonyl (C=O) groups is 2. The third kappa shape index (κ3) is 1.82. The predicted octanol–water partition coefficient (Wildman–Crippen LogP) is 1.44. The molecule has 176 valence electrons. The first-order valence-electron chi connectivity index (χ1n) is 11.7. The predicted molar refractivity (Wildman–Crippen MR) is 115 cm³/mol. The van der Waals surface area contributed by atoms with E-state index in [9.17, 15) is 19.8 Å². The monoisotopic (exact) mass is 465 g/mol. The molecule has 0 aromatic carbocycles. The normalized spacial score (nSPS) is 61.5. The van der Waals surface area contributed by atoms with Crippen molar-refractivity contribution >= 4 is 24.3 Å². The molecule has 3 saturated heterocycles. The third-order valence-corrected chi connectivity index (χ3v) is 10.9. The van der Waals surface area contributed by atoms with Crippen LogP contribution in [0, 0.1) is 34.0 Å². The van der Waals surface area contributed by atoms with Gasteiger partial charge in [0.2, 0.25) is 0 Å². The second-order valence-electron chi connectivity index (χ2n) is 12.1. The van der Waals surface area contributed by atoms with Crippen LogP contribution in [0.5, 0.6) is 0 Å².